The molecule has 12 heavy (non-hydrogen) atoms. The van der Waals surface area contributed by atoms with Crippen molar-refractivity contribution in [1.29, 1.82) is 0 Å². The minimum absolute atomic E-state index is 0.255. The number of hydrogen-bond acceptors (Lipinski definition) is 2. The van der Waals surface area contributed by atoms with Crippen molar-refractivity contribution in [2.24, 2.45) is 11.8 Å². The summed E-state index contributed by atoms with van der Waals surface area (Å²) in [6.45, 7) is 2.57. The van der Waals surface area contributed by atoms with E-state index in [1.165, 1.54) is 19.3 Å². The molecule has 1 aliphatic rings. The fourth-order valence-electron chi connectivity index (χ4n) is 1.83. The molecule has 1 saturated carbocycles. The highest BCUT2D eigenvalue weighted by atomic mass is 16.3. The summed E-state index contributed by atoms with van der Waals surface area (Å²) in [5.74, 6) is 1.10. The van der Waals surface area contributed by atoms with Crippen molar-refractivity contribution in [3.05, 3.63) is 0 Å². The van der Waals surface area contributed by atoms with Crippen LogP contribution in [0.5, 0.6) is 0 Å². The summed E-state index contributed by atoms with van der Waals surface area (Å²) in [4.78, 5) is 10.7. The smallest absolute Gasteiger partial charge is 0.245 e. The molecule has 1 rings (SSSR count). The quantitative estimate of drug-likeness (QED) is 0.650. The van der Waals surface area contributed by atoms with Crippen LogP contribution in [0, 0.1) is 11.8 Å². The highest BCUT2D eigenvalue weighted by Crippen LogP contribution is 2.30. The average Bonchev–Trinajstić information content (AvgIpc) is 2.47. The Kier molecular flexibility index (Phi) is 3.53. The second-order valence-corrected chi connectivity index (χ2v) is 3.63. The Bertz CT molecular complexity index is 159. The van der Waals surface area contributed by atoms with Crippen molar-refractivity contribution >= 4 is 5.91 Å². The fourth-order valence-corrected chi connectivity index (χ4v) is 1.83. The maximum atomic E-state index is 10.7. The van der Waals surface area contributed by atoms with Gasteiger partial charge in [0.25, 0.3) is 0 Å². The van der Waals surface area contributed by atoms with Gasteiger partial charge in [0, 0.05) is 6.54 Å². The molecule has 0 aromatic rings. The summed E-state index contributed by atoms with van der Waals surface area (Å²) in [6, 6.07) is 0. The van der Waals surface area contributed by atoms with E-state index < -0.39 is 0 Å². The summed E-state index contributed by atoms with van der Waals surface area (Å²) in [7, 11) is 0. The van der Waals surface area contributed by atoms with Crippen LogP contribution in [0.25, 0.3) is 0 Å². The minimum atomic E-state index is -0.388. The fraction of sp³-hybridized carbons (Fsp3) is 0.889. The molecule has 0 spiro atoms. The molecule has 1 amide bonds. The van der Waals surface area contributed by atoms with Gasteiger partial charge in [-0.1, -0.05) is 19.8 Å². The number of rotatable bonds is 3. The van der Waals surface area contributed by atoms with Gasteiger partial charge in [-0.2, -0.15) is 0 Å². The topological polar surface area (TPSA) is 49.3 Å². The number of carbonyl (C=O) groups excluding carboxylic acids is 1. The van der Waals surface area contributed by atoms with Crippen LogP contribution in [-0.2, 0) is 4.79 Å². The largest absolute Gasteiger partial charge is 0.387 e. The summed E-state index contributed by atoms with van der Waals surface area (Å²) in [5, 5.41) is 11.2. The van der Waals surface area contributed by atoms with E-state index in [1.807, 2.05) is 0 Å². The molecule has 3 heteroatoms. The maximum Gasteiger partial charge on any atom is 0.245 e. The van der Waals surface area contributed by atoms with Crippen molar-refractivity contribution in [2.75, 3.05) is 13.2 Å². The van der Waals surface area contributed by atoms with Gasteiger partial charge in [-0.15, -0.1) is 0 Å². The summed E-state index contributed by atoms with van der Waals surface area (Å²) in [6.07, 6.45) is 3.77. The number of nitrogens with one attached hydrogen (secondary N) is 1. The summed E-state index contributed by atoms with van der Waals surface area (Å²) < 4.78 is 0. The van der Waals surface area contributed by atoms with Gasteiger partial charge in [-0.25, -0.2) is 0 Å². The molecule has 1 aliphatic carbocycles. The predicted octanol–water partition coefficient (Wildman–Crippen LogP) is 0.531. The minimum Gasteiger partial charge on any atom is -0.387 e. The Morgan fingerprint density at radius 1 is 1.58 bits per heavy atom. The molecule has 0 bridgehead atoms. The molecule has 2 atom stereocenters. The van der Waals surface area contributed by atoms with E-state index in [9.17, 15) is 4.79 Å². The lowest BCUT2D eigenvalue weighted by Gasteiger charge is -2.15. The summed E-state index contributed by atoms with van der Waals surface area (Å²) in [5.41, 5.74) is 0. The van der Waals surface area contributed by atoms with Crippen LogP contribution in [0.2, 0.25) is 0 Å². The van der Waals surface area contributed by atoms with E-state index in [-0.39, 0.29) is 12.5 Å². The van der Waals surface area contributed by atoms with Gasteiger partial charge in [0.2, 0.25) is 5.91 Å². The van der Waals surface area contributed by atoms with Crippen molar-refractivity contribution in [3.8, 4) is 0 Å². The van der Waals surface area contributed by atoms with Crippen LogP contribution in [0.4, 0.5) is 0 Å². The highest BCUT2D eigenvalue weighted by Gasteiger charge is 2.23. The number of hydrogen-bond donors (Lipinski definition) is 2. The maximum absolute atomic E-state index is 10.7. The molecule has 0 heterocycles. The third-order valence-corrected chi connectivity index (χ3v) is 2.74. The molecular weight excluding hydrogens is 154 g/mol. The Balaban J connectivity index is 2.18. The third kappa shape index (κ3) is 2.48. The van der Waals surface area contributed by atoms with Gasteiger partial charge in [0.15, 0.2) is 0 Å². The highest BCUT2D eigenvalue weighted by molar-refractivity contribution is 5.76. The van der Waals surface area contributed by atoms with Crippen molar-refractivity contribution in [1.82, 2.24) is 5.32 Å². The number of carbonyl (C=O) groups is 1. The normalized spacial score (nSPS) is 28.8. The van der Waals surface area contributed by atoms with E-state index >= 15 is 0 Å². The molecule has 2 unspecified atom stereocenters. The van der Waals surface area contributed by atoms with Crippen LogP contribution in [-0.4, -0.2) is 24.2 Å². The first-order valence-electron chi connectivity index (χ1n) is 4.61. The third-order valence-electron chi connectivity index (χ3n) is 2.74. The lowest BCUT2D eigenvalue weighted by atomic mass is 9.98. The molecule has 3 nitrogen and oxygen atoms in total. The molecule has 0 aromatic carbocycles. The number of aliphatic hydroxyl groups excluding tert-OH is 1. The predicted molar refractivity (Wildman–Crippen MR) is 46.6 cm³/mol. The molecule has 70 valence electrons. The van der Waals surface area contributed by atoms with Gasteiger partial charge in [-0.05, 0) is 18.3 Å². The zero-order valence-electron chi connectivity index (χ0n) is 7.55. The van der Waals surface area contributed by atoms with E-state index in [0.717, 1.165) is 12.5 Å². The van der Waals surface area contributed by atoms with E-state index in [1.54, 1.807) is 0 Å². The monoisotopic (exact) mass is 171 g/mol. The second kappa shape index (κ2) is 4.45. The lowest BCUT2D eigenvalue weighted by Crippen LogP contribution is -2.32. The number of amides is 1. The molecule has 0 aliphatic heterocycles. The Labute approximate surface area is 73.2 Å². The molecule has 1 fully saturated rings. The van der Waals surface area contributed by atoms with E-state index in [4.69, 9.17) is 5.11 Å². The van der Waals surface area contributed by atoms with Crippen molar-refractivity contribution in [3.63, 3.8) is 0 Å². The Morgan fingerprint density at radius 2 is 2.33 bits per heavy atom. The first kappa shape index (κ1) is 9.52. The van der Waals surface area contributed by atoms with Crippen LogP contribution in [0.3, 0.4) is 0 Å². The standard InChI is InChI=1S/C9H17NO2/c1-7-3-2-4-8(7)5-10-9(12)6-11/h7-8,11H,2-6H2,1H3,(H,10,12). The first-order valence-corrected chi connectivity index (χ1v) is 4.61. The van der Waals surface area contributed by atoms with Crippen LogP contribution >= 0.6 is 0 Å². The molecule has 0 aromatic heterocycles. The van der Waals surface area contributed by atoms with Crippen molar-refractivity contribution in [2.45, 2.75) is 26.2 Å². The average molecular weight is 171 g/mol. The SMILES string of the molecule is CC1CCCC1CNC(=O)CO. The van der Waals surface area contributed by atoms with Crippen LogP contribution < -0.4 is 5.32 Å². The molecule has 0 saturated heterocycles. The van der Waals surface area contributed by atoms with Gasteiger partial charge >= 0.3 is 0 Å². The molecule has 2 N–H and O–H groups in total. The summed E-state index contributed by atoms with van der Waals surface area (Å²) >= 11 is 0. The van der Waals surface area contributed by atoms with Gasteiger partial charge in [0.05, 0.1) is 0 Å². The lowest BCUT2D eigenvalue weighted by molar-refractivity contribution is -0.124. The Morgan fingerprint density at radius 3 is 2.83 bits per heavy atom. The zero-order chi connectivity index (χ0) is 8.97. The first-order chi connectivity index (χ1) is 5.74. The van der Waals surface area contributed by atoms with E-state index in [0.29, 0.717) is 5.92 Å². The second-order valence-electron chi connectivity index (χ2n) is 3.63. The van der Waals surface area contributed by atoms with Crippen LogP contribution in [0.1, 0.15) is 26.2 Å². The number of aliphatic hydroxyl groups is 1. The zero-order valence-corrected chi connectivity index (χ0v) is 7.55. The van der Waals surface area contributed by atoms with Gasteiger partial charge < -0.3 is 10.4 Å². The molecular formula is C9H17NO2. The van der Waals surface area contributed by atoms with E-state index in [2.05, 4.69) is 12.2 Å². The van der Waals surface area contributed by atoms with Crippen LogP contribution in [0.15, 0.2) is 0 Å². The van der Waals surface area contributed by atoms with Crippen molar-refractivity contribution < 1.29 is 9.90 Å². The molecule has 0 radical (unpaired) electrons. The van der Waals surface area contributed by atoms with Gasteiger partial charge in [-0.3, -0.25) is 4.79 Å². The van der Waals surface area contributed by atoms with Gasteiger partial charge in [0.1, 0.15) is 6.61 Å². The Hall–Kier alpha value is -0.570.